The van der Waals surface area contributed by atoms with Gasteiger partial charge in [-0.05, 0) is 30.3 Å². The van der Waals surface area contributed by atoms with Gasteiger partial charge >= 0.3 is 0 Å². The lowest BCUT2D eigenvalue weighted by Gasteiger charge is -2.29. The molecule has 6 nitrogen and oxygen atoms in total. The molecule has 0 saturated carbocycles. The second-order valence-corrected chi connectivity index (χ2v) is 8.06. The molecule has 0 bridgehead atoms. The summed E-state index contributed by atoms with van der Waals surface area (Å²) in [5, 5.41) is 12.4. The first-order valence-corrected chi connectivity index (χ1v) is 10.9. The Bertz CT molecular complexity index is 1110. The fourth-order valence-electron chi connectivity index (χ4n) is 3.41. The zero-order valence-electron chi connectivity index (χ0n) is 17.0. The standard InChI is InChI=1S/C24H22N4O2S/c25-16-18-6-1-3-9-21(18)31-22-10-4-2-8-20(22)24(29)27-17-19-7-5-11-26-23(19)28-12-14-30-15-13-28/h1-11H,12-15,17H2,(H,27,29). The summed E-state index contributed by atoms with van der Waals surface area (Å²) in [5.41, 5.74) is 2.14. The lowest BCUT2D eigenvalue weighted by molar-refractivity contribution is 0.0947. The number of morpholine rings is 1. The van der Waals surface area contributed by atoms with Crippen LogP contribution in [0.5, 0.6) is 0 Å². The number of carbonyl (C=O) groups is 1. The third-order valence-corrected chi connectivity index (χ3v) is 6.13. The Balaban J connectivity index is 1.50. The Morgan fingerprint density at radius 3 is 2.61 bits per heavy atom. The maximum Gasteiger partial charge on any atom is 0.252 e. The van der Waals surface area contributed by atoms with Crippen molar-refractivity contribution in [2.45, 2.75) is 16.3 Å². The van der Waals surface area contributed by atoms with Gasteiger partial charge in [-0.25, -0.2) is 4.98 Å². The lowest BCUT2D eigenvalue weighted by atomic mass is 10.2. The monoisotopic (exact) mass is 430 g/mol. The summed E-state index contributed by atoms with van der Waals surface area (Å²) in [6, 6.07) is 20.9. The summed E-state index contributed by atoms with van der Waals surface area (Å²) in [6.45, 7) is 3.31. The van der Waals surface area contributed by atoms with E-state index in [0.717, 1.165) is 34.3 Å². The molecule has 0 unspecified atom stereocenters. The van der Waals surface area contributed by atoms with Crippen molar-refractivity contribution in [3.05, 3.63) is 83.6 Å². The van der Waals surface area contributed by atoms with Crippen molar-refractivity contribution in [3.8, 4) is 6.07 Å². The van der Waals surface area contributed by atoms with Crippen molar-refractivity contribution in [1.29, 1.82) is 5.26 Å². The molecule has 156 valence electrons. The molecule has 0 radical (unpaired) electrons. The van der Waals surface area contributed by atoms with E-state index in [9.17, 15) is 10.1 Å². The predicted molar refractivity (Wildman–Crippen MR) is 120 cm³/mol. The van der Waals surface area contributed by atoms with Gasteiger partial charge in [0.05, 0.1) is 24.3 Å². The number of nitriles is 1. The van der Waals surface area contributed by atoms with Crippen LogP contribution >= 0.6 is 11.8 Å². The Kier molecular flexibility index (Phi) is 6.82. The average Bonchev–Trinajstić information content (AvgIpc) is 2.84. The van der Waals surface area contributed by atoms with Gasteiger partial charge < -0.3 is 15.0 Å². The maximum absolute atomic E-state index is 13.0. The second kappa shape index (κ2) is 10.1. The van der Waals surface area contributed by atoms with E-state index in [1.54, 1.807) is 18.3 Å². The van der Waals surface area contributed by atoms with Crippen LogP contribution in [0.1, 0.15) is 21.5 Å². The van der Waals surface area contributed by atoms with Crippen LogP contribution in [0, 0.1) is 11.3 Å². The van der Waals surface area contributed by atoms with Gasteiger partial charge in [0.25, 0.3) is 5.91 Å². The number of amides is 1. The van der Waals surface area contributed by atoms with Crippen LogP contribution in [-0.4, -0.2) is 37.2 Å². The normalized spacial score (nSPS) is 13.5. The van der Waals surface area contributed by atoms with Crippen molar-refractivity contribution in [3.63, 3.8) is 0 Å². The van der Waals surface area contributed by atoms with E-state index in [1.807, 2.05) is 48.5 Å². The molecule has 2 heterocycles. The van der Waals surface area contributed by atoms with Crippen LogP contribution < -0.4 is 10.2 Å². The van der Waals surface area contributed by atoms with E-state index in [2.05, 4.69) is 21.3 Å². The quantitative estimate of drug-likeness (QED) is 0.640. The largest absolute Gasteiger partial charge is 0.378 e. The van der Waals surface area contributed by atoms with Gasteiger partial charge in [-0.1, -0.05) is 42.1 Å². The van der Waals surface area contributed by atoms with Gasteiger partial charge in [0, 0.05) is 41.2 Å². The van der Waals surface area contributed by atoms with Gasteiger partial charge in [-0.3, -0.25) is 4.79 Å². The van der Waals surface area contributed by atoms with E-state index in [0.29, 0.717) is 30.9 Å². The predicted octanol–water partition coefficient (Wildman–Crippen LogP) is 3.87. The number of pyridine rings is 1. The maximum atomic E-state index is 13.0. The van der Waals surface area contributed by atoms with Crippen molar-refractivity contribution in [2.24, 2.45) is 0 Å². The average molecular weight is 431 g/mol. The summed E-state index contributed by atoms with van der Waals surface area (Å²) in [6.07, 6.45) is 1.77. The number of anilines is 1. The Labute approximate surface area is 185 Å². The van der Waals surface area contributed by atoms with Crippen molar-refractivity contribution < 1.29 is 9.53 Å². The number of hydrogen-bond acceptors (Lipinski definition) is 6. The third kappa shape index (κ3) is 5.05. The van der Waals surface area contributed by atoms with Gasteiger partial charge in [0.1, 0.15) is 11.9 Å². The fourth-order valence-corrected chi connectivity index (χ4v) is 4.43. The van der Waals surface area contributed by atoms with Crippen LogP contribution in [0.2, 0.25) is 0 Å². The van der Waals surface area contributed by atoms with E-state index in [4.69, 9.17) is 4.74 Å². The Morgan fingerprint density at radius 2 is 1.81 bits per heavy atom. The van der Waals surface area contributed by atoms with Gasteiger partial charge in [-0.15, -0.1) is 0 Å². The first-order valence-electron chi connectivity index (χ1n) is 10.1. The highest BCUT2D eigenvalue weighted by atomic mass is 32.2. The minimum absolute atomic E-state index is 0.158. The number of benzene rings is 2. The molecule has 0 spiro atoms. The van der Waals surface area contributed by atoms with Crippen LogP contribution in [0.25, 0.3) is 0 Å². The van der Waals surface area contributed by atoms with Gasteiger partial charge in [0.15, 0.2) is 0 Å². The Hall–Kier alpha value is -3.34. The summed E-state index contributed by atoms with van der Waals surface area (Å²) in [4.78, 5) is 21.4. The van der Waals surface area contributed by atoms with Crippen LogP contribution in [0.15, 0.2) is 76.7 Å². The molecular weight excluding hydrogens is 408 g/mol. The highest BCUT2D eigenvalue weighted by Gasteiger charge is 2.18. The van der Waals surface area contributed by atoms with Crippen LogP contribution in [0.3, 0.4) is 0 Å². The SMILES string of the molecule is N#Cc1ccccc1Sc1ccccc1C(=O)NCc1cccnc1N1CCOCC1. The highest BCUT2D eigenvalue weighted by Crippen LogP contribution is 2.32. The first-order chi connectivity index (χ1) is 15.3. The van der Waals surface area contributed by atoms with Crippen molar-refractivity contribution in [1.82, 2.24) is 10.3 Å². The third-order valence-electron chi connectivity index (χ3n) is 4.98. The van der Waals surface area contributed by atoms with E-state index in [-0.39, 0.29) is 5.91 Å². The molecule has 1 aliphatic rings. The molecular formula is C24H22N4O2S. The van der Waals surface area contributed by atoms with Crippen LogP contribution in [-0.2, 0) is 11.3 Å². The topological polar surface area (TPSA) is 78.2 Å². The minimum Gasteiger partial charge on any atom is -0.378 e. The molecule has 1 aliphatic heterocycles. The first kappa shape index (κ1) is 20.9. The molecule has 1 aromatic heterocycles. The molecule has 1 saturated heterocycles. The smallest absolute Gasteiger partial charge is 0.252 e. The van der Waals surface area contributed by atoms with Crippen molar-refractivity contribution in [2.75, 3.05) is 31.2 Å². The zero-order valence-corrected chi connectivity index (χ0v) is 17.8. The minimum atomic E-state index is -0.158. The zero-order chi connectivity index (χ0) is 21.5. The number of nitrogens with zero attached hydrogens (tertiary/aromatic N) is 3. The second-order valence-electron chi connectivity index (χ2n) is 6.97. The molecule has 4 rings (SSSR count). The summed E-state index contributed by atoms with van der Waals surface area (Å²) in [7, 11) is 0. The van der Waals surface area contributed by atoms with Crippen molar-refractivity contribution >= 4 is 23.5 Å². The molecule has 7 heteroatoms. The summed E-state index contributed by atoms with van der Waals surface area (Å²) >= 11 is 1.42. The molecule has 1 amide bonds. The molecule has 0 atom stereocenters. The number of carbonyl (C=O) groups excluding carboxylic acids is 1. The molecule has 0 aliphatic carbocycles. The van der Waals surface area contributed by atoms with E-state index >= 15 is 0 Å². The highest BCUT2D eigenvalue weighted by molar-refractivity contribution is 7.99. The molecule has 2 aromatic carbocycles. The summed E-state index contributed by atoms with van der Waals surface area (Å²) < 4.78 is 5.43. The lowest BCUT2D eigenvalue weighted by Crippen LogP contribution is -2.37. The number of nitrogens with one attached hydrogen (secondary N) is 1. The summed E-state index contributed by atoms with van der Waals surface area (Å²) in [5.74, 6) is 0.728. The van der Waals surface area contributed by atoms with E-state index in [1.165, 1.54) is 11.8 Å². The fraction of sp³-hybridized carbons (Fsp3) is 0.208. The Morgan fingerprint density at radius 1 is 1.06 bits per heavy atom. The molecule has 3 aromatic rings. The molecule has 1 N–H and O–H groups in total. The number of ether oxygens (including phenoxy) is 1. The van der Waals surface area contributed by atoms with Crippen LogP contribution in [0.4, 0.5) is 5.82 Å². The number of aromatic nitrogens is 1. The van der Waals surface area contributed by atoms with Gasteiger partial charge in [-0.2, -0.15) is 5.26 Å². The number of hydrogen-bond donors (Lipinski definition) is 1. The van der Waals surface area contributed by atoms with Gasteiger partial charge in [0.2, 0.25) is 0 Å². The molecule has 1 fully saturated rings. The molecule has 31 heavy (non-hydrogen) atoms. The van der Waals surface area contributed by atoms with E-state index < -0.39 is 0 Å². The number of rotatable bonds is 6.